The molecule has 3 N–H and O–H groups in total. The van der Waals surface area contributed by atoms with Gasteiger partial charge in [0.25, 0.3) is 5.95 Å². The van der Waals surface area contributed by atoms with Gasteiger partial charge in [0.2, 0.25) is 5.91 Å². The highest BCUT2D eigenvalue weighted by atomic mass is 32.2. The molecule has 11 heteroatoms. The van der Waals surface area contributed by atoms with Gasteiger partial charge in [-0.25, -0.2) is 17.9 Å². The molecular weight excluding hydrogens is 489 g/mol. The fraction of sp³-hybridized carbons (Fsp3) is 0.200. The standard InChI is InChI=1S/C25H19F3N6OS/c1-25(12-5-3-2-4-6-12)19-21(29)30-24(32-22(19)31-23(25)35)34-18-11-36-10-14(18)17(33-34)9-13-15(26)7-8-16(27)20(13)28/h2-8H,9-11H2,1H3,(H3,29,30,31,32,35). The summed E-state index contributed by atoms with van der Waals surface area (Å²) in [6.45, 7) is 1.77. The number of halogens is 3. The van der Waals surface area contributed by atoms with Crippen LogP contribution in [0, 0.1) is 17.5 Å². The number of amides is 1. The monoisotopic (exact) mass is 508 g/mol. The molecule has 0 spiro atoms. The number of benzene rings is 2. The molecule has 7 nitrogen and oxygen atoms in total. The van der Waals surface area contributed by atoms with E-state index in [4.69, 9.17) is 5.73 Å². The van der Waals surface area contributed by atoms with Crippen molar-refractivity contribution in [1.29, 1.82) is 0 Å². The van der Waals surface area contributed by atoms with E-state index in [2.05, 4.69) is 20.4 Å². The summed E-state index contributed by atoms with van der Waals surface area (Å²) >= 11 is 1.60. The van der Waals surface area contributed by atoms with E-state index in [0.29, 0.717) is 22.8 Å². The number of nitrogens with two attached hydrogens (primary N) is 1. The highest BCUT2D eigenvalue weighted by molar-refractivity contribution is 7.98. The first kappa shape index (κ1) is 22.6. The van der Waals surface area contributed by atoms with Crippen molar-refractivity contribution in [1.82, 2.24) is 19.7 Å². The van der Waals surface area contributed by atoms with Crippen molar-refractivity contribution in [3.05, 3.63) is 93.6 Å². The minimum absolute atomic E-state index is 0.123. The summed E-state index contributed by atoms with van der Waals surface area (Å²) < 4.78 is 43.9. The molecule has 2 aromatic carbocycles. The summed E-state index contributed by atoms with van der Waals surface area (Å²) in [6, 6.07) is 10.9. The molecule has 2 aliphatic rings. The van der Waals surface area contributed by atoms with Gasteiger partial charge in [-0.15, -0.1) is 0 Å². The van der Waals surface area contributed by atoms with Crippen molar-refractivity contribution in [2.24, 2.45) is 0 Å². The number of aromatic nitrogens is 4. The minimum Gasteiger partial charge on any atom is -0.383 e. The molecule has 4 aromatic rings. The second kappa shape index (κ2) is 8.09. The Morgan fingerprint density at radius 1 is 1.08 bits per heavy atom. The SMILES string of the molecule is CC1(c2ccccc2)C(=O)Nc2nc(-n3nc(Cc4c(F)ccc(F)c4F)c4c3CSC4)nc(N)c21. The third kappa shape index (κ3) is 3.22. The molecule has 0 radical (unpaired) electrons. The number of rotatable bonds is 4. The van der Waals surface area contributed by atoms with Crippen LogP contribution in [-0.4, -0.2) is 25.7 Å². The number of hydrogen-bond acceptors (Lipinski definition) is 6. The number of nitrogens with zero attached hydrogens (tertiary/aromatic N) is 4. The van der Waals surface area contributed by atoms with E-state index in [1.54, 1.807) is 18.7 Å². The van der Waals surface area contributed by atoms with Crippen LogP contribution in [0.3, 0.4) is 0 Å². The molecule has 0 saturated heterocycles. The largest absolute Gasteiger partial charge is 0.383 e. The van der Waals surface area contributed by atoms with Gasteiger partial charge in [-0.2, -0.15) is 26.8 Å². The third-order valence-corrected chi connectivity index (χ3v) is 7.76. The van der Waals surface area contributed by atoms with Gasteiger partial charge in [0.15, 0.2) is 11.6 Å². The summed E-state index contributed by atoms with van der Waals surface area (Å²) in [5.41, 5.74) is 8.12. The van der Waals surface area contributed by atoms with Crippen LogP contribution in [0.5, 0.6) is 0 Å². The quantitative estimate of drug-likeness (QED) is 0.400. The molecule has 182 valence electrons. The third-order valence-electron chi connectivity index (χ3n) is 6.79. The summed E-state index contributed by atoms with van der Waals surface area (Å²) in [4.78, 5) is 22.1. The Labute approximate surface area is 207 Å². The number of anilines is 2. The summed E-state index contributed by atoms with van der Waals surface area (Å²) in [5, 5.41) is 7.36. The molecule has 0 aliphatic carbocycles. The van der Waals surface area contributed by atoms with Crippen molar-refractivity contribution in [2.75, 3.05) is 11.1 Å². The van der Waals surface area contributed by atoms with Gasteiger partial charge in [0.05, 0.1) is 17.0 Å². The van der Waals surface area contributed by atoms with Crippen LogP contribution in [0.2, 0.25) is 0 Å². The Kier molecular flexibility index (Phi) is 5.08. The van der Waals surface area contributed by atoms with Crippen molar-refractivity contribution < 1.29 is 18.0 Å². The Balaban J connectivity index is 1.45. The van der Waals surface area contributed by atoms with E-state index in [1.807, 2.05) is 30.3 Å². The fourth-order valence-corrected chi connectivity index (χ4v) is 5.97. The minimum atomic E-state index is -1.23. The van der Waals surface area contributed by atoms with Gasteiger partial charge in [-0.05, 0) is 24.6 Å². The van der Waals surface area contributed by atoms with E-state index < -0.39 is 22.9 Å². The zero-order chi connectivity index (χ0) is 25.2. The Bertz CT molecular complexity index is 1560. The average molecular weight is 509 g/mol. The van der Waals surface area contributed by atoms with Crippen molar-refractivity contribution >= 4 is 29.3 Å². The number of hydrogen-bond donors (Lipinski definition) is 2. The molecule has 0 saturated carbocycles. The predicted molar refractivity (Wildman–Crippen MR) is 129 cm³/mol. The van der Waals surface area contributed by atoms with E-state index in [1.165, 1.54) is 4.68 Å². The highest BCUT2D eigenvalue weighted by Crippen LogP contribution is 2.45. The number of nitrogens with one attached hydrogen (secondary N) is 1. The van der Waals surface area contributed by atoms with E-state index in [-0.39, 0.29) is 35.5 Å². The summed E-state index contributed by atoms with van der Waals surface area (Å²) in [7, 11) is 0. The van der Waals surface area contributed by atoms with E-state index in [9.17, 15) is 18.0 Å². The molecule has 1 atom stereocenters. The van der Waals surface area contributed by atoms with Gasteiger partial charge >= 0.3 is 0 Å². The van der Waals surface area contributed by atoms with Crippen LogP contribution in [0.1, 0.15) is 40.6 Å². The second-order valence-electron chi connectivity index (χ2n) is 8.85. The first-order valence-electron chi connectivity index (χ1n) is 11.1. The molecule has 0 fully saturated rings. The van der Waals surface area contributed by atoms with Gasteiger partial charge in [-0.1, -0.05) is 30.3 Å². The molecule has 1 amide bonds. The van der Waals surface area contributed by atoms with Crippen LogP contribution < -0.4 is 11.1 Å². The van der Waals surface area contributed by atoms with Crippen molar-refractivity contribution in [3.63, 3.8) is 0 Å². The Morgan fingerprint density at radius 2 is 1.83 bits per heavy atom. The predicted octanol–water partition coefficient (Wildman–Crippen LogP) is 4.26. The van der Waals surface area contributed by atoms with Gasteiger partial charge in [0.1, 0.15) is 22.9 Å². The van der Waals surface area contributed by atoms with Crippen LogP contribution in [0.25, 0.3) is 5.95 Å². The smallest absolute Gasteiger partial charge is 0.254 e. The molecule has 0 bridgehead atoms. The topological polar surface area (TPSA) is 98.7 Å². The average Bonchev–Trinajstić information content (AvgIpc) is 3.54. The van der Waals surface area contributed by atoms with Crippen LogP contribution in [0.4, 0.5) is 24.8 Å². The number of carbonyl (C=O) groups is 1. The summed E-state index contributed by atoms with van der Waals surface area (Å²) in [5.74, 6) is -1.78. The van der Waals surface area contributed by atoms with Gasteiger partial charge in [0, 0.05) is 29.1 Å². The molecule has 1 unspecified atom stereocenters. The number of carbonyl (C=O) groups excluding carboxylic acids is 1. The maximum Gasteiger partial charge on any atom is 0.254 e. The fourth-order valence-electron chi connectivity index (χ4n) is 4.84. The first-order valence-corrected chi connectivity index (χ1v) is 12.3. The molecule has 6 rings (SSSR count). The molecule has 2 aliphatic heterocycles. The van der Waals surface area contributed by atoms with E-state index >= 15 is 0 Å². The van der Waals surface area contributed by atoms with Gasteiger partial charge in [-0.3, -0.25) is 4.79 Å². The second-order valence-corrected chi connectivity index (χ2v) is 9.84. The highest BCUT2D eigenvalue weighted by Gasteiger charge is 2.47. The molecular formula is C25H19F3N6OS. The van der Waals surface area contributed by atoms with Crippen LogP contribution in [0.15, 0.2) is 42.5 Å². The molecule has 36 heavy (non-hydrogen) atoms. The lowest BCUT2D eigenvalue weighted by atomic mass is 9.78. The Morgan fingerprint density at radius 3 is 2.61 bits per heavy atom. The number of nitrogen functional groups attached to an aromatic ring is 1. The van der Waals surface area contributed by atoms with Crippen molar-refractivity contribution in [3.8, 4) is 5.95 Å². The van der Waals surface area contributed by atoms with Crippen LogP contribution in [-0.2, 0) is 28.1 Å². The lowest BCUT2D eigenvalue weighted by Gasteiger charge is -2.23. The van der Waals surface area contributed by atoms with Crippen molar-refractivity contribution in [2.45, 2.75) is 30.3 Å². The lowest BCUT2D eigenvalue weighted by Crippen LogP contribution is -2.32. The normalized spacial score (nSPS) is 18.3. The number of thioether (sulfide) groups is 1. The zero-order valence-corrected chi connectivity index (χ0v) is 19.8. The number of fused-ring (bicyclic) bond motifs is 2. The Hall–Kier alpha value is -3.86. The van der Waals surface area contributed by atoms with Gasteiger partial charge < -0.3 is 11.1 Å². The van der Waals surface area contributed by atoms with E-state index in [0.717, 1.165) is 29.0 Å². The summed E-state index contributed by atoms with van der Waals surface area (Å²) in [6.07, 6.45) is -0.228. The first-order chi connectivity index (χ1) is 17.3. The maximum atomic E-state index is 14.3. The zero-order valence-electron chi connectivity index (χ0n) is 19.0. The van der Waals surface area contributed by atoms with Crippen LogP contribution >= 0.6 is 11.8 Å². The lowest BCUT2D eigenvalue weighted by molar-refractivity contribution is -0.119. The maximum absolute atomic E-state index is 14.3. The molecule has 2 aromatic heterocycles. The molecule has 4 heterocycles.